The minimum absolute atomic E-state index is 0.185. The molecule has 1 aliphatic heterocycles. The molecule has 0 saturated heterocycles. The highest BCUT2D eigenvalue weighted by Gasteiger charge is 2.27. The Morgan fingerprint density at radius 3 is 2.91 bits per heavy atom. The highest BCUT2D eigenvalue weighted by molar-refractivity contribution is 6.29. The molecule has 0 radical (unpaired) electrons. The fourth-order valence-electron chi connectivity index (χ4n) is 2.22. The largest absolute Gasteiger partial charge is 0.485 e. The normalized spacial score (nSPS) is 16.2. The molecule has 2 aromatic rings. The number of benzene rings is 1. The van der Waals surface area contributed by atoms with Gasteiger partial charge in [-0.25, -0.2) is 4.98 Å². The first-order chi connectivity index (χ1) is 10.6. The summed E-state index contributed by atoms with van der Waals surface area (Å²) in [6, 6.07) is 10.9. The summed E-state index contributed by atoms with van der Waals surface area (Å²) in [4.78, 5) is 16.3. The highest BCUT2D eigenvalue weighted by Crippen LogP contribution is 2.30. The van der Waals surface area contributed by atoms with Gasteiger partial charge in [0.1, 0.15) is 11.8 Å². The van der Waals surface area contributed by atoms with Gasteiger partial charge in [0.15, 0.2) is 11.5 Å². The number of aryl methyl sites for hydroxylation is 1. The Kier molecular flexibility index (Phi) is 4.15. The first-order valence-electron chi connectivity index (χ1n) is 6.91. The van der Waals surface area contributed by atoms with Gasteiger partial charge in [-0.15, -0.1) is 0 Å². The molecular formula is C16H15ClN2O3. The molecule has 1 N–H and O–H groups in total. The third-order valence-corrected chi connectivity index (χ3v) is 3.43. The lowest BCUT2D eigenvalue weighted by molar-refractivity contribution is -0.130. The number of aromatic nitrogens is 1. The number of fused-ring (bicyclic) bond motifs is 1. The number of hydrogen-bond donors (Lipinski definition) is 1. The van der Waals surface area contributed by atoms with E-state index in [9.17, 15) is 4.79 Å². The summed E-state index contributed by atoms with van der Waals surface area (Å²) >= 11 is 5.90. The molecule has 1 aliphatic rings. The summed E-state index contributed by atoms with van der Waals surface area (Å²) in [6.07, 6.45) is -0.671. The fourth-order valence-corrected chi connectivity index (χ4v) is 2.51. The smallest absolute Gasteiger partial charge is 0.265 e. The predicted molar refractivity (Wildman–Crippen MR) is 82.2 cm³/mol. The third kappa shape index (κ3) is 3.31. The molecule has 1 aromatic heterocycles. The monoisotopic (exact) mass is 318 g/mol. The topological polar surface area (TPSA) is 60.5 Å². The van der Waals surface area contributed by atoms with E-state index in [1.54, 1.807) is 12.1 Å². The molecule has 0 bridgehead atoms. The molecular weight excluding hydrogens is 304 g/mol. The minimum Gasteiger partial charge on any atom is -0.485 e. The van der Waals surface area contributed by atoms with Crippen molar-refractivity contribution in [2.75, 3.05) is 6.61 Å². The summed E-state index contributed by atoms with van der Waals surface area (Å²) in [5.74, 6) is 0.984. The molecule has 0 saturated carbocycles. The van der Waals surface area contributed by atoms with Crippen molar-refractivity contribution in [3.05, 3.63) is 52.8 Å². The second-order valence-electron chi connectivity index (χ2n) is 5.04. The molecule has 1 aromatic carbocycles. The molecule has 6 heteroatoms. The van der Waals surface area contributed by atoms with Gasteiger partial charge in [-0.3, -0.25) is 4.79 Å². The summed E-state index contributed by atoms with van der Waals surface area (Å²) in [5, 5.41) is 3.20. The molecule has 5 nitrogen and oxygen atoms in total. The number of ether oxygens (including phenoxy) is 2. The van der Waals surface area contributed by atoms with Crippen LogP contribution in [0.4, 0.5) is 0 Å². The molecule has 22 heavy (non-hydrogen) atoms. The van der Waals surface area contributed by atoms with Crippen molar-refractivity contribution in [1.29, 1.82) is 0 Å². The number of halogens is 1. The van der Waals surface area contributed by atoms with Crippen LogP contribution in [0.3, 0.4) is 0 Å². The summed E-state index contributed by atoms with van der Waals surface area (Å²) in [7, 11) is 0. The number of hydrogen-bond acceptors (Lipinski definition) is 4. The van der Waals surface area contributed by atoms with Crippen LogP contribution in [0.15, 0.2) is 36.4 Å². The van der Waals surface area contributed by atoms with Crippen LogP contribution in [0.25, 0.3) is 0 Å². The number of nitrogens with one attached hydrogen (secondary N) is 1. The van der Waals surface area contributed by atoms with Crippen molar-refractivity contribution in [3.63, 3.8) is 0 Å². The quantitative estimate of drug-likeness (QED) is 0.883. The van der Waals surface area contributed by atoms with Gasteiger partial charge in [0, 0.05) is 0 Å². The predicted octanol–water partition coefficient (Wildman–Crippen LogP) is 2.50. The Balaban J connectivity index is 1.61. The maximum atomic E-state index is 12.2. The summed E-state index contributed by atoms with van der Waals surface area (Å²) in [5.41, 5.74) is 1.70. The zero-order valence-electron chi connectivity index (χ0n) is 12.0. The summed E-state index contributed by atoms with van der Waals surface area (Å²) < 4.78 is 11.2. The Labute approximate surface area is 133 Å². The van der Waals surface area contributed by atoms with E-state index >= 15 is 0 Å². The zero-order chi connectivity index (χ0) is 15.5. The van der Waals surface area contributed by atoms with Crippen LogP contribution in [0.2, 0.25) is 5.15 Å². The van der Waals surface area contributed by atoms with Crippen LogP contribution in [-0.4, -0.2) is 23.6 Å². The molecule has 1 amide bonds. The molecule has 2 heterocycles. The van der Waals surface area contributed by atoms with E-state index in [1.165, 1.54) is 0 Å². The second kappa shape index (κ2) is 6.23. The molecule has 0 aliphatic carbocycles. The van der Waals surface area contributed by atoms with Crippen LogP contribution in [0, 0.1) is 6.92 Å². The number of carbonyl (C=O) groups is 1. The Hall–Kier alpha value is -2.27. The van der Waals surface area contributed by atoms with Crippen molar-refractivity contribution in [2.45, 2.75) is 19.6 Å². The van der Waals surface area contributed by atoms with Gasteiger partial charge in [0.2, 0.25) is 6.10 Å². The Bertz CT molecular complexity index is 685. The minimum atomic E-state index is -0.671. The molecule has 0 fully saturated rings. The fraction of sp³-hybridized carbons (Fsp3) is 0.250. The van der Waals surface area contributed by atoms with E-state index in [4.69, 9.17) is 21.1 Å². The second-order valence-corrected chi connectivity index (χ2v) is 5.43. The standard InChI is InChI=1S/C16H15ClN2O3/c1-10-6-11(19-15(17)7-10)8-18-16(20)14-9-21-12-4-2-3-5-13(12)22-14/h2-7,14H,8-9H2,1H3,(H,18,20)/t14-/m1/s1. The molecule has 0 spiro atoms. The van der Waals surface area contributed by atoms with Crippen LogP contribution < -0.4 is 14.8 Å². The molecule has 0 unspecified atom stereocenters. The van der Waals surface area contributed by atoms with Crippen molar-refractivity contribution >= 4 is 17.5 Å². The van der Waals surface area contributed by atoms with Crippen LogP contribution in [0.1, 0.15) is 11.3 Å². The zero-order valence-corrected chi connectivity index (χ0v) is 12.8. The van der Waals surface area contributed by atoms with E-state index in [2.05, 4.69) is 10.3 Å². The summed E-state index contributed by atoms with van der Waals surface area (Å²) in [6.45, 7) is 2.40. The van der Waals surface area contributed by atoms with E-state index in [-0.39, 0.29) is 12.5 Å². The molecule has 1 atom stereocenters. The Morgan fingerprint density at radius 2 is 2.14 bits per heavy atom. The highest BCUT2D eigenvalue weighted by atomic mass is 35.5. The number of nitrogens with zero attached hydrogens (tertiary/aromatic N) is 1. The van der Waals surface area contributed by atoms with Crippen LogP contribution >= 0.6 is 11.6 Å². The molecule has 3 rings (SSSR count). The number of para-hydroxylation sites is 2. The average Bonchev–Trinajstić information content (AvgIpc) is 2.51. The van der Waals surface area contributed by atoms with Gasteiger partial charge in [0.05, 0.1) is 12.2 Å². The van der Waals surface area contributed by atoms with Crippen molar-refractivity contribution in [3.8, 4) is 11.5 Å². The van der Waals surface area contributed by atoms with Crippen molar-refractivity contribution < 1.29 is 14.3 Å². The number of carbonyl (C=O) groups excluding carboxylic acids is 1. The van der Waals surface area contributed by atoms with Crippen molar-refractivity contribution in [1.82, 2.24) is 10.3 Å². The van der Waals surface area contributed by atoms with E-state index in [1.807, 2.05) is 31.2 Å². The average molecular weight is 319 g/mol. The van der Waals surface area contributed by atoms with E-state index in [0.717, 1.165) is 5.56 Å². The number of rotatable bonds is 3. The lowest BCUT2D eigenvalue weighted by atomic mass is 10.2. The van der Waals surface area contributed by atoms with Gasteiger partial charge >= 0.3 is 0 Å². The van der Waals surface area contributed by atoms with Gasteiger partial charge in [-0.2, -0.15) is 0 Å². The Morgan fingerprint density at radius 1 is 1.36 bits per heavy atom. The maximum absolute atomic E-state index is 12.2. The van der Waals surface area contributed by atoms with Gasteiger partial charge < -0.3 is 14.8 Å². The SMILES string of the molecule is Cc1cc(Cl)nc(CNC(=O)[C@H]2COc3ccccc3O2)c1. The first kappa shape index (κ1) is 14.7. The van der Waals surface area contributed by atoms with E-state index < -0.39 is 6.10 Å². The number of amides is 1. The van der Waals surface area contributed by atoms with Gasteiger partial charge in [-0.1, -0.05) is 23.7 Å². The van der Waals surface area contributed by atoms with Gasteiger partial charge in [0.25, 0.3) is 5.91 Å². The van der Waals surface area contributed by atoms with E-state index in [0.29, 0.717) is 28.9 Å². The van der Waals surface area contributed by atoms with Gasteiger partial charge in [-0.05, 0) is 36.8 Å². The lowest BCUT2D eigenvalue weighted by Gasteiger charge is -2.25. The molecule has 114 valence electrons. The first-order valence-corrected chi connectivity index (χ1v) is 7.29. The lowest BCUT2D eigenvalue weighted by Crippen LogP contribution is -2.43. The maximum Gasteiger partial charge on any atom is 0.265 e. The number of pyridine rings is 1. The van der Waals surface area contributed by atoms with Crippen LogP contribution in [0.5, 0.6) is 11.5 Å². The van der Waals surface area contributed by atoms with Crippen molar-refractivity contribution in [2.24, 2.45) is 0 Å². The third-order valence-electron chi connectivity index (χ3n) is 3.24. The van der Waals surface area contributed by atoms with Crippen LogP contribution in [-0.2, 0) is 11.3 Å².